The van der Waals surface area contributed by atoms with Crippen LogP contribution in [0.15, 0.2) is 23.3 Å². The first-order valence-corrected chi connectivity index (χ1v) is 6.98. The third kappa shape index (κ3) is 2.15. The molecule has 3 rings (SSSR count). The van der Waals surface area contributed by atoms with Crippen molar-refractivity contribution in [3.05, 3.63) is 44.0 Å². The van der Waals surface area contributed by atoms with E-state index in [0.717, 1.165) is 15.3 Å². The van der Waals surface area contributed by atoms with Gasteiger partial charge in [0.2, 0.25) is 0 Å². The number of fused-ring (bicyclic) bond motifs is 1. The molecule has 0 atom stereocenters. The highest BCUT2D eigenvalue weighted by molar-refractivity contribution is 7.71. The van der Waals surface area contributed by atoms with Crippen molar-refractivity contribution in [3.8, 4) is 0 Å². The van der Waals surface area contributed by atoms with Gasteiger partial charge >= 0.3 is 0 Å². The topological polar surface area (TPSA) is 55.6 Å². The van der Waals surface area contributed by atoms with Gasteiger partial charge in [-0.15, -0.1) is 11.3 Å². The second kappa shape index (κ2) is 4.43. The van der Waals surface area contributed by atoms with Gasteiger partial charge in [0.15, 0.2) is 4.77 Å². The molecule has 0 aromatic carbocycles. The quantitative estimate of drug-likeness (QED) is 0.737. The highest BCUT2D eigenvalue weighted by Gasteiger charge is 2.09. The first-order valence-electron chi connectivity index (χ1n) is 5.75. The molecule has 0 aliphatic carbocycles. The SMILES string of the molecule is Cc1cc2c(=O)n(Cc3cnn(C)c3)c(=S)[nH]c2s1. The Hall–Kier alpha value is -1.73. The molecule has 0 unspecified atom stereocenters. The molecule has 0 fully saturated rings. The molecule has 3 heterocycles. The van der Waals surface area contributed by atoms with Crippen LogP contribution in [-0.2, 0) is 13.6 Å². The maximum atomic E-state index is 12.4. The van der Waals surface area contributed by atoms with Crippen molar-refractivity contribution in [2.75, 3.05) is 0 Å². The van der Waals surface area contributed by atoms with Crippen LogP contribution < -0.4 is 5.56 Å². The van der Waals surface area contributed by atoms with Gasteiger partial charge < -0.3 is 4.98 Å². The van der Waals surface area contributed by atoms with Gasteiger partial charge in [0, 0.05) is 23.7 Å². The molecule has 0 aliphatic rings. The van der Waals surface area contributed by atoms with Crippen LogP contribution in [0.1, 0.15) is 10.4 Å². The van der Waals surface area contributed by atoms with Crippen molar-refractivity contribution in [2.24, 2.45) is 7.05 Å². The number of nitrogens with zero attached hydrogens (tertiary/aromatic N) is 3. The maximum absolute atomic E-state index is 12.4. The molecule has 0 spiro atoms. The van der Waals surface area contributed by atoms with Crippen LogP contribution in [0.3, 0.4) is 0 Å². The molecular formula is C12H12N4OS2. The summed E-state index contributed by atoms with van der Waals surface area (Å²) >= 11 is 6.82. The van der Waals surface area contributed by atoms with Crippen molar-refractivity contribution in [1.82, 2.24) is 19.3 Å². The van der Waals surface area contributed by atoms with Gasteiger partial charge in [-0.05, 0) is 25.2 Å². The predicted octanol–water partition coefficient (Wildman–Crippen LogP) is 2.21. The van der Waals surface area contributed by atoms with Crippen LogP contribution in [-0.4, -0.2) is 19.3 Å². The number of nitrogens with one attached hydrogen (secondary N) is 1. The first-order chi connectivity index (χ1) is 9.04. The molecule has 0 saturated heterocycles. The highest BCUT2D eigenvalue weighted by Crippen LogP contribution is 2.19. The van der Waals surface area contributed by atoms with Crippen LogP contribution in [0.4, 0.5) is 0 Å². The van der Waals surface area contributed by atoms with Crippen molar-refractivity contribution in [3.63, 3.8) is 0 Å². The lowest BCUT2D eigenvalue weighted by Crippen LogP contribution is -2.21. The van der Waals surface area contributed by atoms with Crippen LogP contribution in [0.2, 0.25) is 0 Å². The Kier molecular flexibility index (Phi) is 2.87. The monoisotopic (exact) mass is 292 g/mol. The molecule has 19 heavy (non-hydrogen) atoms. The average Bonchev–Trinajstić information content (AvgIpc) is 2.90. The molecule has 0 bridgehead atoms. The molecular weight excluding hydrogens is 280 g/mol. The van der Waals surface area contributed by atoms with Gasteiger partial charge in [-0.25, -0.2) is 0 Å². The molecule has 98 valence electrons. The summed E-state index contributed by atoms with van der Waals surface area (Å²) in [5, 5.41) is 4.79. The number of hydrogen-bond acceptors (Lipinski definition) is 4. The largest absolute Gasteiger partial charge is 0.323 e. The Morgan fingerprint density at radius 3 is 3.00 bits per heavy atom. The van der Waals surface area contributed by atoms with Crippen LogP contribution in [0.5, 0.6) is 0 Å². The molecule has 7 heteroatoms. The lowest BCUT2D eigenvalue weighted by molar-refractivity contribution is 0.731. The number of aromatic amines is 1. The van der Waals surface area contributed by atoms with Crippen molar-refractivity contribution < 1.29 is 0 Å². The Morgan fingerprint density at radius 2 is 2.32 bits per heavy atom. The van der Waals surface area contributed by atoms with Gasteiger partial charge in [0.05, 0.1) is 18.1 Å². The lowest BCUT2D eigenvalue weighted by Gasteiger charge is -2.04. The first kappa shape index (κ1) is 12.3. The summed E-state index contributed by atoms with van der Waals surface area (Å²) in [5.41, 5.74) is 0.905. The van der Waals surface area contributed by atoms with E-state index in [1.165, 1.54) is 0 Å². The average molecular weight is 292 g/mol. The number of rotatable bonds is 2. The number of aromatic nitrogens is 4. The van der Waals surface area contributed by atoms with Gasteiger partial charge in [0.25, 0.3) is 5.56 Å². The minimum absolute atomic E-state index is 0.0491. The molecule has 0 saturated carbocycles. The van der Waals surface area contributed by atoms with E-state index < -0.39 is 0 Å². The zero-order valence-corrected chi connectivity index (χ0v) is 12.1. The van der Waals surface area contributed by atoms with Crippen molar-refractivity contribution in [2.45, 2.75) is 13.5 Å². The van der Waals surface area contributed by atoms with Gasteiger partial charge in [0.1, 0.15) is 4.83 Å². The molecule has 0 radical (unpaired) electrons. The minimum Gasteiger partial charge on any atom is -0.323 e. The van der Waals surface area contributed by atoms with Gasteiger partial charge in [-0.3, -0.25) is 14.0 Å². The fraction of sp³-hybridized carbons (Fsp3) is 0.250. The molecule has 1 N–H and O–H groups in total. The van der Waals surface area contributed by atoms with E-state index in [1.807, 2.05) is 26.2 Å². The number of H-pyrrole nitrogens is 1. The summed E-state index contributed by atoms with van der Waals surface area (Å²) in [5.74, 6) is 0. The standard InChI is InChI=1S/C12H12N4OS2/c1-7-3-9-10(19-7)14-12(18)16(11(9)17)6-8-4-13-15(2)5-8/h3-5H,6H2,1-2H3,(H,14,18). The zero-order chi connectivity index (χ0) is 13.6. The molecule has 3 aromatic rings. The summed E-state index contributed by atoms with van der Waals surface area (Å²) in [6.45, 7) is 2.42. The van der Waals surface area contributed by atoms with Crippen LogP contribution in [0.25, 0.3) is 10.2 Å². The van der Waals surface area contributed by atoms with E-state index in [-0.39, 0.29) is 5.56 Å². The van der Waals surface area contributed by atoms with E-state index in [2.05, 4.69) is 10.1 Å². The van der Waals surface area contributed by atoms with E-state index in [0.29, 0.717) is 16.7 Å². The number of aryl methyl sites for hydroxylation is 2. The highest BCUT2D eigenvalue weighted by atomic mass is 32.1. The Labute approximate surface area is 118 Å². The van der Waals surface area contributed by atoms with Gasteiger partial charge in [-0.2, -0.15) is 5.10 Å². The zero-order valence-electron chi connectivity index (χ0n) is 10.5. The summed E-state index contributed by atoms with van der Waals surface area (Å²) in [6.07, 6.45) is 3.62. The van der Waals surface area contributed by atoms with E-state index >= 15 is 0 Å². The lowest BCUT2D eigenvalue weighted by atomic mass is 10.3. The van der Waals surface area contributed by atoms with E-state index in [9.17, 15) is 4.79 Å². The van der Waals surface area contributed by atoms with E-state index in [1.54, 1.807) is 26.8 Å². The van der Waals surface area contributed by atoms with E-state index in [4.69, 9.17) is 12.2 Å². The summed E-state index contributed by atoms with van der Waals surface area (Å²) in [4.78, 5) is 17.5. The second-order valence-corrected chi connectivity index (χ2v) is 6.09. The van der Waals surface area contributed by atoms with Gasteiger partial charge in [-0.1, -0.05) is 0 Å². The fourth-order valence-electron chi connectivity index (χ4n) is 2.05. The molecule has 0 amide bonds. The number of thiophene rings is 1. The minimum atomic E-state index is -0.0491. The normalized spacial score (nSPS) is 11.3. The predicted molar refractivity (Wildman–Crippen MR) is 78.3 cm³/mol. The van der Waals surface area contributed by atoms with Crippen molar-refractivity contribution in [1.29, 1.82) is 0 Å². The number of hydrogen-bond donors (Lipinski definition) is 1. The maximum Gasteiger partial charge on any atom is 0.263 e. The van der Waals surface area contributed by atoms with Crippen LogP contribution >= 0.6 is 23.6 Å². The smallest absolute Gasteiger partial charge is 0.263 e. The molecule has 3 aromatic heterocycles. The fourth-order valence-corrected chi connectivity index (χ4v) is 3.26. The molecule has 5 nitrogen and oxygen atoms in total. The second-order valence-electron chi connectivity index (χ2n) is 4.44. The Balaban J connectivity index is 2.18. The molecule has 0 aliphatic heterocycles. The summed E-state index contributed by atoms with van der Waals surface area (Å²) in [6, 6.07) is 1.90. The van der Waals surface area contributed by atoms with Crippen molar-refractivity contribution >= 4 is 33.8 Å². The Morgan fingerprint density at radius 1 is 1.53 bits per heavy atom. The third-order valence-corrected chi connectivity index (χ3v) is 4.18. The summed E-state index contributed by atoms with van der Waals surface area (Å²) in [7, 11) is 1.85. The third-order valence-electron chi connectivity index (χ3n) is 2.90. The Bertz CT molecular complexity index is 868. The summed E-state index contributed by atoms with van der Waals surface area (Å²) < 4.78 is 3.73. The van der Waals surface area contributed by atoms with Crippen LogP contribution in [0, 0.1) is 11.7 Å².